The number of carbonyl (C=O) groups is 1. The van der Waals surface area contributed by atoms with Gasteiger partial charge in [0.25, 0.3) is 0 Å². The smallest absolute Gasteiger partial charge is 0.224 e. The summed E-state index contributed by atoms with van der Waals surface area (Å²) in [6.07, 6.45) is -1.83. The molecule has 4 N–H and O–H groups in total. The number of benzene rings is 1. The number of amidine groups is 1. The number of rotatable bonds is 5. The van der Waals surface area contributed by atoms with Crippen molar-refractivity contribution in [1.29, 1.82) is 0 Å². The summed E-state index contributed by atoms with van der Waals surface area (Å²) in [4.78, 5) is 19.6. The summed E-state index contributed by atoms with van der Waals surface area (Å²) >= 11 is 1.38. The molecule has 1 saturated heterocycles. The average Bonchev–Trinajstić information content (AvgIpc) is 3.17. The maximum atomic E-state index is 13.1. The summed E-state index contributed by atoms with van der Waals surface area (Å²) in [5, 5.41) is 27.1. The van der Waals surface area contributed by atoms with Crippen molar-refractivity contribution in [3.63, 3.8) is 0 Å². The number of morpholine rings is 1. The molecule has 3 aliphatic rings. The molecule has 0 spiro atoms. The van der Waals surface area contributed by atoms with Crippen LogP contribution in [0.2, 0.25) is 0 Å². The summed E-state index contributed by atoms with van der Waals surface area (Å²) in [6, 6.07) is 5.32. The van der Waals surface area contributed by atoms with Crippen molar-refractivity contribution in [3.8, 4) is 0 Å². The molecule has 0 bridgehead atoms. The van der Waals surface area contributed by atoms with Crippen molar-refractivity contribution in [2.75, 3.05) is 44.7 Å². The van der Waals surface area contributed by atoms with E-state index < -0.39 is 24.2 Å². The van der Waals surface area contributed by atoms with Gasteiger partial charge < -0.3 is 25.6 Å². The molecule has 10 heteroatoms. The maximum Gasteiger partial charge on any atom is 0.224 e. The van der Waals surface area contributed by atoms with Crippen LogP contribution in [-0.4, -0.2) is 89.1 Å². The molecular formula is C20H27FN4O4S. The Bertz CT molecular complexity index is 775. The Morgan fingerprint density at radius 3 is 2.73 bits per heavy atom. The molecule has 164 valence electrons. The molecule has 2 fully saturated rings. The van der Waals surface area contributed by atoms with Crippen molar-refractivity contribution in [2.45, 2.75) is 29.9 Å². The lowest BCUT2D eigenvalue weighted by Gasteiger charge is -2.37. The second-order valence-electron chi connectivity index (χ2n) is 7.78. The zero-order chi connectivity index (χ0) is 21.1. The zero-order valence-electron chi connectivity index (χ0n) is 16.5. The van der Waals surface area contributed by atoms with Gasteiger partial charge in [0.15, 0.2) is 5.17 Å². The number of fused-ring (bicyclic) bond motifs is 1. The highest BCUT2D eigenvalue weighted by molar-refractivity contribution is 8.15. The first kappa shape index (κ1) is 21.5. The van der Waals surface area contributed by atoms with Gasteiger partial charge in [0.05, 0.1) is 31.3 Å². The van der Waals surface area contributed by atoms with Crippen LogP contribution in [0, 0.1) is 11.7 Å². The molecule has 1 aromatic rings. The van der Waals surface area contributed by atoms with Crippen LogP contribution in [0.4, 0.5) is 10.1 Å². The average molecular weight is 439 g/mol. The van der Waals surface area contributed by atoms with E-state index in [-0.39, 0.29) is 23.4 Å². The van der Waals surface area contributed by atoms with Crippen LogP contribution in [0.1, 0.15) is 6.42 Å². The van der Waals surface area contributed by atoms with E-state index in [4.69, 9.17) is 4.74 Å². The number of carbonyl (C=O) groups excluding carboxylic acids is 1. The van der Waals surface area contributed by atoms with Crippen molar-refractivity contribution < 1.29 is 24.1 Å². The fourth-order valence-electron chi connectivity index (χ4n) is 4.06. The van der Waals surface area contributed by atoms with Crippen LogP contribution >= 0.6 is 11.8 Å². The Labute approximate surface area is 178 Å². The first-order valence-electron chi connectivity index (χ1n) is 10.2. The number of nitrogens with zero attached hydrogens (tertiary/aromatic N) is 2. The molecule has 1 aliphatic carbocycles. The molecular weight excluding hydrogens is 411 g/mol. The highest BCUT2D eigenvalue weighted by Crippen LogP contribution is 2.41. The number of halogens is 1. The number of aliphatic hydroxyl groups excluding tert-OH is 2. The standard InChI is InChI=1S/C20H27FN4O4S/c21-12-1-3-13(4-2-12)23-20-24-16-17(27)15(26)11-14(18(16)30-20)19(28)22-5-6-25-7-9-29-10-8-25/h1-4,14-18,26-27H,5-11H2,(H,22,28)(H,23,24)/t14-,15+,16-,17-,18+/m0/s1. The van der Waals surface area contributed by atoms with E-state index in [0.717, 1.165) is 19.6 Å². The Hall–Kier alpha value is -1.72. The number of anilines is 1. The molecule has 0 aromatic heterocycles. The monoisotopic (exact) mass is 438 g/mol. The molecule has 5 atom stereocenters. The largest absolute Gasteiger partial charge is 0.390 e. The van der Waals surface area contributed by atoms with E-state index in [2.05, 4.69) is 20.5 Å². The molecule has 2 heterocycles. The molecule has 0 radical (unpaired) electrons. The van der Waals surface area contributed by atoms with Crippen LogP contribution in [0.3, 0.4) is 0 Å². The second kappa shape index (κ2) is 9.61. The van der Waals surface area contributed by atoms with Gasteiger partial charge in [0.2, 0.25) is 5.91 Å². The van der Waals surface area contributed by atoms with E-state index in [1.807, 2.05) is 0 Å². The molecule has 0 unspecified atom stereocenters. The second-order valence-corrected chi connectivity index (χ2v) is 8.95. The summed E-state index contributed by atoms with van der Waals surface area (Å²) in [5.74, 6) is -0.920. The Balaban J connectivity index is 1.36. The van der Waals surface area contributed by atoms with Crippen LogP contribution in [0.5, 0.6) is 0 Å². The minimum Gasteiger partial charge on any atom is -0.390 e. The van der Waals surface area contributed by atoms with E-state index in [1.165, 1.54) is 23.9 Å². The third-order valence-electron chi connectivity index (χ3n) is 5.75. The molecule has 30 heavy (non-hydrogen) atoms. The fourth-order valence-corrected chi connectivity index (χ4v) is 5.44. The Kier molecular flexibility index (Phi) is 6.89. The lowest BCUT2D eigenvalue weighted by molar-refractivity contribution is -0.129. The van der Waals surface area contributed by atoms with Crippen molar-refractivity contribution in [3.05, 3.63) is 30.1 Å². The highest BCUT2D eigenvalue weighted by atomic mass is 32.2. The SMILES string of the molecule is O=C(NCCN1CCOCC1)[C@H]1C[C@@H](O)[C@H](O)[C@@H]2N=C(Nc3ccc(F)cc3)S[C@@H]21. The quantitative estimate of drug-likeness (QED) is 0.523. The van der Waals surface area contributed by atoms with Gasteiger partial charge in [0, 0.05) is 37.1 Å². The van der Waals surface area contributed by atoms with E-state index in [9.17, 15) is 19.4 Å². The first-order chi connectivity index (χ1) is 14.5. The number of aliphatic imine (C=N–C) groups is 1. The van der Waals surface area contributed by atoms with Crippen molar-refractivity contribution in [1.82, 2.24) is 10.2 Å². The number of ether oxygens (including phenoxy) is 1. The molecule has 1 saturated carbocycles. The van der Waals surface area contributed by atoms with Gasteiger partial charge in [-0.05, 0) is 30.7 Å². The Morgan fingerprint density at radius 2 is 2.00 bits per heavy atom. The molecule has 1 aromatic carbocycles. The zero-order valence-corrected chi connectivity index (χ0v) is 17.4. The van der Waals surface area contributed by atoms with Gasteiger partial charge in [-0.3, -0.25) is 14.7 Å². The molecule has 4 rings (SSSR count). The summed E-state index contributed by atoms with van der Waals surface area (Å²) in [7, 11) is 0. The predicted molar refractivity (Wildman–Crippen MR) is 113 cm³/mol. The maximum absolute atomic E-state index is 13.1. The van der Waals surface area contributed by atoms with Gasteiger partial charge in [-0.25, -0.2) is 4.39 Å². The van der Waals surface area contributed by atoms with Crippen LogP contribution < -0.4 is 10.6 Å². The summed E-state index contributed by atoms with van der Waals surface area (Å²) in [5.41, 5.74) is 0.669. The lowest BCUT2D eigenvalue weighted by atomic mass is 9.81. The van der Waals surface area contributed by atoms with E-state index >= 15 is 0 Å². The minimum absolute atomic E-state index is 0.130. The van der Waals surface area contributed by atoms with Gasteiger partial charge in [-0.1, -0.05) is 11.8 Å². The minimum atomic E-state index is -1.02. The number of amides is 1. The number of aliphatic hydroxyl groups is 2. The third kappa shape index (κ3) is 4.94. The van der Waals surface area contributed by atoms with Crippen LogP contribution in [0.25, 0.3) is 0 Å². The normalized spacial score (nSPS) is 31.7. The van der Waals surface area contributed by atoms with Gasteiger partial charge in [0.1, 0.15) is 11.9 Å². The van der Waals surface area contributed by atoms with Crippen LogP contribution in [0.15, 0.2) is 29.3 Å². The van der Waals surface area contributed by atoms with Gasteiger partial charge in [-0.2, -0.15) is 0 Å². The van der Waals surface area contributed by atoms with E-state index in [1.54, 1.807) is 12.1 Å². The number of hydrogen-bond donors (Lipinski definition) is 4. The number of hydrogen-bond acceptors (Lipinski definition) is 8. The van der Waals surface area contributed by atoms with Gasteiger partial charge >= 0.3 is 0 Å². The highest BCUT2D eigenvalue weighted by Gasteiger charge is 2.50. The molecule has 8 nitrogen and oxygen atoms in total. The lowest BCUT2D eigenvalue weighted by Crippen LogP contribution is -2.54. The number of nitrogens with one attached hydrogen (secondary N) is 2. The third-order valence-corrected chi connectivity index (χ3v) is 7.06. The topological polar surface area (TPSA) is 106 Å². The van der Waals surface area contributed by atoms with Crippen molar-refractivity contribution >= 4 is 28.5 Å². The van der Waals surface area contributed by atoms with Crippen molar-refractivity contribution in [2.24, 2.45) is 10.9 Å². The van der Waals surface area contributed by atoms with Crippen LogP contribution in [-0.2, 0) is 9.53 Å². The summed E-state index contributed by atoms with van der Waals surface area (Å²) < 4.78 is 18.4. The Morgan fingerprint density at radius 1 is 1.27 bits per heavy atom. The first-order valence-corrected chi connectivity index (χ1v) is 11.1. The fraction of sp³-hybridized carbons (Fsp3) is 0.600. The van der Waals surface area contributed by atoms with Gasteiger partial charge in [-0.15, -0.1) is 0 Å². The molecule has 1 amide bonds. The molecule has 2 aliphatic heterocycles. The van der Waals surface area contributed by atoms with E-state index in [0.29, 0.717) is 30.6 Å². The number of thioether (sulfide) groups is 1. The predicted octanol–water partition coefficient (Wildman–Crippen LogP) is 0.268. The summed E-state index contributed by atoms with van der Waals surface area (Å²) in [6.45, 7) is 4.41.